The van der Waals surface area contributed by atoms with Crippen LogP contribution in [0.25, 0.3) is 179 Å². The molecule has 2 aromatic heterocycles. The topological polar surface area (TPSA) is 77.3 Å². The Kier molecular flexibility index (Phi) is 14.1. The Bertz CT molecular complexity index is 7010. The molecule has 518 valence electrons. The van der Waals surface area contributed by atoms with Gasteiger partial charge >= 0.3 is 0 Å². The van der Waals surface area contributed by atoms with E-state index in [1.54, 1.807) is 0 Å². The van der Waals surface area contributed by atoms with Gasteiger partial charge in [0.1, 0.15) is 0 Å². The first kappa shape index (κ1) is 63.4. The van der Waals surface area contributed by atoms with E-state index in [1.165, 1.54) is 89.0 Å². The summed E-state index contributed by atoms with van der Waals surface area (Å²) in [7, 11) is 0. The molecular formula is C106H64N6. The zero-order valence-electron chi connectivity index (χ0n) is 60.6. The first-order valence-electron chi connectivity index (χ1n) is 38.4. The summed E-state index contributed by atoms with van der Waals surface area (Å²) in [5, 5.41) is 4.34. The molecule has 4 aliphatic carbocycles. The predicted molar refractivity (Wildman–Crippen MR) is 455 cm³/mol. The first-order valence-corrected chi connectivity index (χ1v) is 38.4. The third kappa shape index (κ3) is 9.39. The molecule has 2 spiro atoms. The van der Waals surface area contributed by atoms with E-state index in [4.69, 9.17) is 29.9 Å². The van der Waals surface area contributed by atoms with Crippen molar-refractivity contribution < 1.29 is 0 Å². The van der Waals surface area contributed by atoms with Gasteiger partial charge in [-0.1, -0.05) is 376 Å². The van der Waals surface area contributed by atoms with Gasteiger partial charge in [0, 0.05) is 33.4 Å². The number of hydrogen-bond acceptors (Lipinski definition) is 6. The van der Waals surface area contributed by atoms with Crippen molar-refractivity contribution in [2.24, 2.45) is 0 Å². The van der Waals surface area contributed by atoms with E-state index < -0.39 is 10.8 Å². The lowest BCUT2D eigenvalue weighted by Gasteiger charge is -2.30. The van der Waals surface area contributed by atoms with Crippen LogP contribution in [0.2, 0.25) is 0 Å². The van der Waals surface area contributed by atoms with Crippen LogP contribution < -0.4 is 0 Å². The molecule has 0 aliphatic heterocycles. The van der Waals surface area contributed by atoms with Gasteiger partial charge in [-0.05, 0) is 167 Å². The smallest absolute Gasteiger partial charge is 0.164 e. The average Bonchev–Trinajstić information content (AvgIpc) is 1.51. The highest BCUT2D eigenvalue weighted by molar-refractivity contribution is 6.06. The first-order chi connectivity index (χ1) is 55.5. The van der Waals surface area contributed by atoms with Crippen LogP contribution in [0.4, 0.5) is 0 Å². The number of fused-ring (bicyclic) bond motifs is 22. The highest BCUT2D eigenvalue weighted by Crippen LogP contribution is 2.66. The van der Waals surface area contributed by atoms with E-state index in [0.29, 0.717) is 34.9 Å². The van der Waals surface area contributed by atoms with Gasteiger partial charge in [-0.25, -0.2) is 29.9 Å². The van der Waals surface area contributed by atoms with Crippen molar-refractivity contribution in [1.29, 1.82) is 0 Å². The van der Waals surface area contributed by atoms with Gasteiger partial charge in [-0.15, -0.1) is 0 Å². The van der Waals surface area contributed by atoms with Crippen molar-refractivity contribution in [3.8, 4) is 157 Å². The van der Waals surface area contributed by atoms with Gasteiger partial charge in [0.05, 0.1) is 10.8 Å². The molecule has 0 unspecified atom stereocenters. The lowest BCUT2D eigenvalue weighted by atomic mass is 9.70. The quantitative estimate of drug-likeness (QED) is 0.136. The van der Waals surface area contributed by atoms with E-state index in [0.717, 1.165) is 99.4 Å². The lowest BCUT2D eigenvalue weighted by molar-refractivity contribution is 0.794. The fraction of sp³-hybridized carbons (Fsp3) is 0.0189. The normalized spacial score (nSPS) is 13.1. The summed E-state index contributed by atoms with van der Waals surface area (Å²) in [5.74, 6) is 3.63. The fourth-order valence-corrected chi connectivity index (χ4v) is 19.3. The minimum absolute atomic E-state index is 0.425. The van der Waals surface area contributed by atoms with E-state index in [2.05, 4.69) is 370 Å². The summed E-state index contributed by atoms with van der Waals surface area (Å²) < 4.78 is 0. The molecule has 112 heavy (non-hydrogen) atoms. The van der Waals surface area contributed by atoms with E-state index >= 15 is 0 Å². The number of rotatable bonds is 10. The van der Waals surface area contributed by atoms with Crippen LogP contribution in [0.5, 0.6) is 0 Å². The molecule has 0 saturated carbocycles. The molecule has 6 heteroatoms. The number of benzene rings is 17. The second kappa shape index (κ2) is 24.9. The zero-order valence-corrected chi connectivity index (χ0v) is 60.6. The highest BCUT2D eigenvalue weighted by Gasteiger charge is 2.53. The molecule has 23 rings (SSSR count). The van der Waals surface area contributed by atoms with E-state index in [9.17, 15) is 0 Å². The summed E-state index contributed by atoms with van der Waals surface area (Å²) in [4.78, 5) is 32.2. The number of aromatic nitrogens is 6. The van der Waals surface area contributed by atoms with E-state index in [1.807, 2.05) is 18.2 Å². The summed E-state index contributed by atoms with van der Waals surface area (Å²) in [5.41, 5.74) is 34.2. The maximum absolute atomic E-state index is 5.48. The second-order valence-corrected chi connectivity index (χ2v) is 29.8. The molecule has 4 aliphatic rings. The third-order valence-electron chi connectivity index (χ3n) is 24.1. The molecule has 6 nitrogen and oxygen atoms in total. The van der Waals surface area contributed by atoms with Crippen LogP contribution in [0.3, 0.4) is 0 Å². The van der Waals surface area contributed by atoms with Crippen molar-refractivity contribution in [2.75, 3.05) is 0 Å². The Hall–Kier alpha value is -14.7. The molecule has 0 fully saturated rings. The monoisotopic (exact) mass is 1420 g/mol. The van der Waals surface area contributed by atoms with Crippen molar-refractivity contribution in [2.45, 2.75) is 10.8 Å². The minimum Gasteiger partial charge on any atom is -0.208 e. The molecule has 0 radical (unpaired) electrons. The SMILES string of the molecule is c1ccc(-c2nc(-c3ccc(-c4ccc5c(c4)C4(c6ccccc6-c6ccccc64)c4ccccc4-5)cc3)nc(-c3ccc(-c4ccc(-c5ccc(-c6nc(-c7ccccc7-c7cccc8c7-c7ccccc7C87c8ccccc8-c8ccccc87)nc(-c7cccc8ccccc78)n6)cc5)cc4)c4ccccc34)n2)cc1. The van der Waals surface area contributed by atoms with Gasteiger partial charge in [0.2, 0.25) is 0 Å². The van der Waals surface area contributed by atoms with Crippen LogP contribution in [0.1, 0.15) is 44.5 Å². The molecule has 0 saturated heterocycles. The standard InChI is InChI=1S/C106H64N6/c1-2-25-70(26-3-1)99-107-100(71-58-52-67(53-59-71)73-60-61-84-83-36-14-20-45-94(83)106(97(84)64-73)92-43-18-12-34-81(92)82-35-13-19-44-93(82)106)109-104(108-99)88-63-62-75(76-29-6-7-30-77(76)88)69-54-48-65(49-55-69)66-50-56-72(57-51-66)101-110-102(86-40-22-27-68-24-4-5-28-74(68)86)112-103(111-101)87-37-9-8-31-78(87)85-39-23-47-96-98(85)89-38-15-21-46-95(89)105(96)90-41-16-10-32-79(90)80-33-11-17-42-91(80)105/h1-64H. The number of hydrogen-bond donors (Lipinski definition) is 0. The number of nitrogens with zero attached hydrogens (tertiary/aromatic N) is 6. The molecule has 0 atom stereocenters. The largest absolute Gasteiger partial charge is 0.208 e. The van der Waals surface area contributed by atoms with Gasteiger partial charge in [0.25, 0.3) is 0 Å². The van der Waals surface area contributed by atoms with Gasteiger partial charge in [-0.2, -0.15) is 0 Å². The molecule has 0 N–H and O–H groups in total. The summed E-state index contributed by atoms with van der Waals surface area (Å²) in [6, 6.07) is 141. The molecule has 0 amide bonds. The average molecular weight is 1420 g/mol. The van der Waals surface area contributed by atoms with Gasteiger partial charge in [-0.3, -0.25) is 0 Å². The zero-order chi connectivity index (χ0) is 73.6. The summed E-state index contributed by atoms with van der Waals surface area (Å²) in [6.07, 6.45) is 0. The van der Waals surface area contributed by atoms with Crippen LogP contribution >= 0.6 is 0 Å². The van der Waals surface area contributed by atoms with Gasteiger partial charge < -0.3 is 0 Å². The van der Waals surface area contributed by atoms with Crippen LogP contribution in [-0.4, -0.2) is 29.9 Å². The minimum atomic E-state index is -0.483. The van der Waals surface area contributed by atoms with Crippen molar-refractivity contribution in [1.82, 2.24) is 29.9 Å². The van der Waals surface area contributed by atoms with E-state index in [-0.39, 0.29) is 0 Å². The van der Waals surface area contributed by atoms with Crippen molar-refractivity contribution >= 4 is 21.5 Å². The maximum Gasteiger partial charge on any atom is 0.164 e. The Balaban J connectivity index is 0.573. The highest BCUT2D eigenvalue weighted by atomic mass is 15.0. The van der Waals surface area contributed by atoms with Crippen molar-refractivity contribution in [3.63, 3.8) is 0 Å². The van der Waals surface area contributed by atoms with Crippen LogP contribution in [0.15, 0.2) is 388 Å². The van der Waals surface area contributed by atoms with Gasteiger partial charge in [0.15, 0.2) is 34.9 Å². The molecule has 2 heterocycles. The Morgan fingerprint density at radius 2 is 0.438 bits per heavy atom. The lowest BCUT2D eigenvalue weighted by Crippen LogP contribution is -2.25. The molecule has 19 aromatic rings. The van der Waals surface area contributed by atoms with Crippen LogP contribution in [-0.2, 0) is 10.8 Å². The summed E-state index contributed by atoms with van der Waals surface area (Å²) in [6.45, 7) is 0. The fourth-order valence-electron chi connectivity index (χ4n) is 19.3. The molecule has 17 aromatic carbocycles. The third-order valence-corrected chi connectivity index (χ3v) is 24.1. The second-order valence-electron chi connectivity index (χ2n) is 29.8. The Labute approximate surface area is 648 Å². The van der Waals surface area contributed by atoms with Crippen LogP contribution in [0, 0.1) is 0 Å². The Morgan fingerprint density at radius 3 is 0.982 bits per heavy atom. The van der Waals surface area contributed by atoms with Crippen molar-refractivity contribution in [3.05, 3.63) is 433 Å². The Morgan fingerprint density at radius 1 is 0.143 bits per heavy atom. The summed E-state index contributed by atoms with van der Waals surface area (Å²) >= 11 is 0. The molecule has 0 bridgehead atoms. The predicted octanol–water partition coefficient (Wildman–Crippen LogP) is 25.7. The maximum atomic E-state index is 5.48. The molecular weight excluding hydrogens is 1360 g/mol.